The molecule has 0 unspecified atom stereocenters. The maximum absolute atomic E-state index is 12.8. The average Bonchev–Trinajstić information content (AvgIpc) is 2.83. The molecule has 3 aliphatic heterocycles. The van der Waals surface area contributed by atoms with Crippen LogP contribution in [-0.4, -0.2) is 52.3 Å². The number of carbonyl (C=O) groups excluding carboxylic acids is 2. The van der Waals surface area contributed by atoms with Gasteiger partial charge in [-0.1, -0.05) is 6.42 Å². The molecule has 6 heteroatoms. The van der Waals surface area contributed by atoms with Gasteiger partial charge in [0, 0.05) is 31.9 Å². The molecule has 4 fully saturated rings. The van der Waals surface area contributed by atoms with E-state index >= 15 is 0 Å². The Morgan fingerprint density at radius 3 is 2.71 bits per heavy atom. The number of anilines is 1. The van der Waals surface area contributed by atoms with E-state index in [9.17, 15) is 9.59 Å². The van der Waals surface area contributed by atoms with E-state index < -0.39 is 0 Å². The summed E-state index contributed by atoms with van der Waals surface area (Å²) < 4.78 is 0. The van der Waals surface area contributed by atoms with E-state index in [0.717, 1.165) is 19.4 Å². The molecule has 3 saturated heterocycles. The van der Waals surface area contributed by atoms with Crippen LogP contribution in [0.5, 0.6) is 0 Å². The van der Waals surface area contributed by atoms with Gasteiger partial charge in [0.25, 0.3) is 5.91 Å². The third-order valence-corrected chi connectivity index (χ3v) is 5.79. The highest BCUT2D eigenvalue weighted by Gasteiger charge is 2.42. The lowest BCUT2D eigenvalue weighted by Gasteiger charge is -2.40. The summed E-state index contributed by atoms with van der Waals surface area (Å²) in [6, 6.07) is 3.53. The molecule has 1 saturated carbocycles. The third-order valence-electron chi connectivity index (χ3n) is 5.79. The van der Waals surface area contributed by atoms with Crippen molar-refractivity contribution in [3.8, 4) is 0 Å². The van der Waals surface area contributed by atoms with E-state index in [4.69, 9.17) is 5.73 Å². The first kappa shape index (κ1) is 15.4. The molecule has 0 radical (unpaired) electrons. The number of hydrogen-bond donors (Lipinski definition) is 1. The summed E-state index contributed by atoms with van der Waals surface area (Å²) in [5.41, 5.74) is 6.14. The maximum atomic E-state index is 12.8. The molecule has 5 rings (SSSR count). The first-order valence-corrected chi connectivity index (χ1v) is 8.93. The van der Waals surface area contributed by atoms with Crippen molar-refractivity contribution in [2.24, 2.45) is 11.8 Å². The van der Waals surface area contributed by atoms with Crippen LogP contribution in [0.15, 0.2) is 18.3 Å². The summed E-state index contributed by atoms with van der Waals surface area (Å²) in [6.07, 6.45) is 7.19. The Labute approximate surface area is 142 Å². The van der Waals surface area contributed by atoms with Crippen LogP contribution >= 0.6 is 0 Å². The second-order valence-corrected chi connectivity index (χ2v) is 7.40. The second kappa shape index (κ2) is 6.07. The first-order chi connectivity index (χ1) is 11.6. The van der Waals surface area contributed by atoms with Crippen LogP contribution in [0.2, 0.25) is 0 Å². The largest absolute Gasteiger partial charge is 0.384 e. The molecule has 2 N–H and O–H groups in total. The Kier molecular flexibility index (Phi) is 3.90. The number of piperidine rings is 1. The fourth-order valence-corrected chi connectivity index (χ4v) is 4.11. The van der Waals surface area contributed by atoms with Gasteiger partial charge in [0.2, 0.25) is 5.91 Å². The smallest absolute Gasteiger partial charge is 0.255 e. The van der Waals surface area contributed by atoms with Crippen molar-refractivity contribution in [2.45, 2.75) is 38.1 Å². The predicted molar refractivity (Wildman–Crippen MR) is 90.1 cm³/mol. The van der Waals surface area contributed by atoms with Gasteiger partial charge in [0.05, 0.1) is 11.5 Å². The van der Waals surface area contributed by atoms with E-state index in [1.54, 1.807) is 12.1 Å². The Morgan fingerprint density at radius 1 is 1.21 bits per heavy atom. The minimum Gasteiger partial charge on any atom is -0.384 e. The number of amides is 2. The summed E-state index contributed by atoms with van der Waals surface area (Å²) in [5, 5.41) is 0. The van der Waals surface area contributed by atoms with E-state index in [0.29, 0.717) is 30.4 Å². The summed E-state index contributed by atoms with van der Waals surface area (Å²) in [4.78, 5) is 33.5. The standard InChI is InChI=1S/C18H24N4O2/c19-16-7-5-13(8-20-16)17(23)21-10-14-4-6-15(11-21)22(18(14)24)9-12-2-1-3-12/h5,7-8,12,14-15H,1-4,6,9-11H2,(H2,19,20)/t14-,15+/m1/s1. The molecule has 6 nitrogen and oxygen atoms in total. The Hall–Kier alpha value is -2.11. The highest BCUT2D eigenvalue weighted by Crippen LogP contribution is 2.34. The molecule has 0 aromatic carbocycles. The highest BCUT2D eigenvalue weighted by atomic mass is 16.2. The number of nitrogens with two attached hydrogens (primary N) is 1. The van der Waals surface area contributed by atoms with Crippen LogP contribution in [0.25, 0.3) is 0 Å². The normalized spacial score (nSPS) is 27.1. The van der Waals surface area contributed by atoms with E-state index in [2.05, 4.69) is 9.88 Å². The van der Waals surface area contributed by atoms with Crippen molar-refractivity contribution in [2.75, 3.05) is 25.4 Å². The van der Waals surface area contributed by atoms with Crippen molar-refractivity contribution < 1.29 is 9.59 Å². The van der Waals surface area contributed by atoms with Crippen LogP contribution < -0.4 is 5.73 Å². The molecule has 2 amide bonds. The number of pyridine rings is 1. The summed E-state index contributed by atoms with van der Waals surface area (Å²) in [5.74, 6) is 1.24. The van der Waals surface area contributed by atoms with Gasteiger partial charge in [-0.25, -0.2) is 4.98 Å². The van der Waals surface area contributed by atoms with Gasteiger partial charge in [0.1, 0.15) is 5.82 Å². The lowest BCUT2D eigenvalue weighted by atomic mass is 9.83. The molecule has 4 aliphatic rings. The molecule has 2 atom stereocenters. The van der Waals surface area contributed by atoms with Crippen LogP contribution in [0.3, 0.4) is 0 Å². The van der Waals surface area contributed by atoms with Crippen molar-refractivity contribution >= 4 is 17.6 Å². The number of fused-ring (bicyclic) bond motifs is 4. The monoisotopic (exact) mass is 328 g/mol. The van der Waals surface area contributed by atoms with Gasteiger partial charge in [-0.2, -0.15) is 0 Å². The summed E-state index contributed by atoms with van der Waals surface area (Å²) >= 11 is 0. The number of nitrogens with zero attached hydrogens (tertiary/aromatic N) is 3. The van der Waals surface area contributed by atoms with Gasteiger partial charge >= 0.3 is 0 Å². The van der Waals surface area contributed by atoms with Crippen LogP contribution in [0, 0.1) is 11.8 Å². The third kappa shape index (κ3) is 2.74. The van der Waals surface area contributed by atoms with E-state index in [-0.39, 0.29) is 23.8 Å². The van der Waals surface area contributed by atoms with Gasteiger partial charge in [-0.3, -0.25) is 9.59 Å². The molecule has 1 aliphatic carbocycles. The topological polar surface area (TPSA) is 79.5 Å². The number of nitrogen functional groups attached to an aromatic ring is 1. The Morgan fingerprint density at radius 2 is 2.04 bits per heavy atom. The average molecular weight is 328 g/mol. The van der Waals surface area contributed by atoms with Crippen LogP contribution in [0.1, 0.15) is 42.5 Å². The molecular weight excluding hydrogens is 304 g/mol. The Bertz CT molecular complexity index is 641. The molecule has 0 spiro atoms. The Balaban J connectivity index is 1.51. The van der Waals surface area contributed by atoms with Gasteiger partial charge < -0.3 is 15.5 Å². The molecule has 1 aromatic heterocycles. The minimum absolute atomic E-state index is 0.0438. The molecular formula is C18H24N4O2. The summed E-state index contributed by atoms with van der Waals surface area (Å²) in [6.45, 7) is 2.04. The fourth-order valence-electron chi connectivity index (χ4n) is 4.11. The van der Waals surface area contributed by atoms with Crippen molar-refractivity contribution in [1.29, 1.82) is 0 Å². The molecule has 1 aromatic rings. The zero-order chi connectivity index (χ0) is 16.7. The zero-order valence-electron chi connectivity index (χ0n) is 13.9. The number of aromatic nitrogens is 1. The van der Waals surface area contributed by atoms with Crippen LogP contribution in [0.4, 0.5) is 5.82 Å². The van der Waals surface area contributed by atoms with Crippen LogP contribution in [-0.2, 0) is 4.79 Å². The van der Waals surface area contributed by atoms with Gasteiger partial charge in [0.15, 0.2) is 0 Å². The molecule has 2 bridgehead atoms. The SMILES string of the molecule is Nc1ccc(C(=O)N2C[C@H]3CC[C@@H](C2)N(CC2CCC2)C3=O)cn1. The molecule has 24 heavy (non-hydrogen) atoms. The molecule has 128 valence electrons. The highest BCUT2D eigenvalue weighted by molar-refractivity contribution is 5.95. The fraction of sp³-hybridized carbons (Fsp3) is 0.611. The lowest BCUT2D eigenvalue weighted by molar-refractivity contribution is -0.141. The maximum Gasteiger partial charge on any atom is 0.255 e. The van der Waals surface area contributed by atoms with Gasteiger partial charge in [-0.05, 0) is 43.7 Å². The summed E-state index contributed by atoms with van der Waals surface area (Å²) in [7, 11) is 0. The van der Waals surface area contributed by atoms with Gasteiger partial charge in [-0.15, -0.1) is 0 Å². The number of rotatable bonds is 3. The number of hydrogen-bond acceptors (Lipinski definition) is 4. The van der Waals surface area contributed by atoms with Crippen molar-refractivity contribution in [1.82, 2.24) is 14.8 Å². The van der Waals surface area contributed by atoms with E-state index in [1.165, 1.54) is 25.5 Å². The first-order valence-electron chi connectivity index (χ1n) is 8.93. The second-order valence-electron chi connectivity index (χ2n) is 7.40. The molecule has 4 heterocycles. The number of carbonyl (C=O) groups is 2. The quantitative estimate of drug-likeness (QED) is 0.912. The van der Waals surface area contributed by atoms with Crippen molar-refractivity contribution in [3.05, 3.63) is 23.9 Å². The predicted octanol–water partition coefficient (Wildman–Crippen LogP) is 1.53. The lowest BCUT2D eigenvalue weighted by Crippen LogP contribution is -2.50. The van der Waals surface area contributed by atoms with E-state index in [1.807, 2.05) is 4.90 Å². The van der Waals surface area contributed by atoms with Crippen molar-refractivity contribution in [3.63, 3.8) is 0 Å². The minimum atomic E-state index is -0.0467. The zero-order valence-corrected chi connectivity index (χ0v) is 13.9.